The van der Waals surface area contributed by atoms with Crippen LogP contribution in [-0.2, 0) is 4.74 Å². The highest BCUT2D eigenvalue weighted by Gasteiger charge is 2.17. The SMILES string of the molecule is O=C(NCC1CNCCO1)c1cc(F)c(F)c(F)c1. The van der Waals surface area contributed by atoms with E-state index >= 15 is 0 Å². The lowest BCUT2D eigenvalue weighted by molar-refractivity contribution is 0.0287. The molecule has 0 radical (unpaired) electrons. The van der Waals surface area contributed by atoms with E-state index in [-0.39, 0.29) is 18.2 Å². The third-order valence-electron chi connectivity index (χ3n) is 2.74. The number of morpholine rings is 1. The first kappa shape index (κ1) is 13.8. The Labute approximate surface area is 107 Å². The van der Waals surface area contributed by atoms with Crippen LogP contribution in [0.3, 0.4) is 0 Å². The van der Waals surface area contributed by atoms with Crippen molar-refractivity contribution in [1.29, 1.82) is 0 Å². The lowest BCUT2D eigenvalue weighted by Gasteiger charge is -2.23. The van der Waals surface area contributed by atoms with Gasteiger partial charge in [0.05, 0.1) is 12.7 Å². The zero-order valence-electron chi connectivity index (χ0n) is 10.0. The molecule has 1 saturated heterocycles. The summed E-state index contributed by atoms with van der Waals surface area (Å²) in [7, 11) is 0. The molecule has 1 aliphatic heterocycles. The van der Waals surface area contributed by atoms with Gasteiger partial charge in [-0.1, -0.05) is 0 Å². The monoisotopic (exact) mass is 274 g/mol. The highest BCUT2D eigenvalue weighted by molar-refractivity contribution is 5.94. The molecule has 1 amide bonds. The maximum Gasteiger partial charge on any atom is 0.251 e. The van der Waals surface area contributed by atoms with Crippen molar-refractivity contribution >= 4 is 5.91 Å². The predicted molar refractivity (Wildman–Crippen MR) is 61.3 cm³/mol. The van der Waals surface area contributed by atoms with Crippen molar-refractivity contribution in [2.24, 2.45) is 0 Å². The second kappa shape index (κ2) is 6.03. The number of halogens is 3. The van der Waals surface area contributed by atoms with Gasteiger partial charge in [0.2, 0.25) is 0 Å². The summed E-state index contributed by atoms with van der Waals surface area (Å²) in [6.07, 6.45) is -0.187. The number of amides is 1. The minimum absolute atomic E-state index is 0.187. The largest absolute Gasteiger partial charge is 0.374 e. The van der Waals surface area contributed by atoms with Gasteiger partial charge < -0.3 is 15.4 Å². The number of benzene rings is 1. The van der Waals surface area contributed by atoms with Crippen molar-refractivity contribution in [2.75, 3.05) is 26.2 Å². The maximum absolute atomic E-state index is 13.0. The average molecular weight is 274 g/mol. The number of nitrogens with one attached hydrogen (secondary N) is 2. The molecule has 0 bridgehead atoms. The van der Waals surface area contributed by atoms with E-state index < -0.39 is 23.4 Å². The van der Waals surface area contributed by atoms with Gasteiger partial charge in [-0.2, -0.15) is 0 Å². The van der Waals surface area contributed by atoms with Crippen LogP contribution >= 0.6 is 0 Å². The molecular weight excluding hydrogens is 261 g/mol. The summed E-state index contributed by atoms with van der Waals surface area (Å²) in [6, 6.07) is 1.32. The summed E-state index contributed by atoms with van der Waals surface area (Å²) in [5.74, 6) is -5.04. The van der Waals surface area contributed by atoms with Crippen LogP contribution in [0.4, 0.5) is 13.2 Å². The Bertz CT molecular complexity index is 453. The molecule has 2 N–H and O–H groups in total. The molecule has 4 nitrogen and oxygen atoms in total. The lowest BCUT2D eigenvalue weighted by atomic mass is 10.2. The summed E-state index contributed by atoms with van der Waals surface area (Å²) in [4.78, 5) is 11.7. The van der Waals surface area contributed by atoms with Crippen LogP contribution in [-0.4, -0.2) is 38.3 Å². The number of hydrogen-bond acceptors (Lipinski definition) is 3. The Hall–Kier alpha value is -1.60. The second-order valence-corrected chi connectivity index (χ2v) is 4.16. The van der Waals surface area contributed by atoms with Crippen LogP contribution in [0.1, 0.15) is 10.4 Å². The van der Waals surface area contributed by atoms with Crippen molar-refractivity contribution in [1.82, 2.24) is 10.6 Å². The fraction of sp³-hybridized carbons (Fsp3) is 0.417. The number of carbonyl (C=O) groups excluding carboxylic acids is 1. The van der Waals surface area contributed by atoms with E-state index in [2.05, 4.69) is 10.6 Å². The minimum Gasteiger partial charge on any atom is -0.374 e. The Morgan fingerprint density at radius 1 is 1.37 bits per heavy atom. The van der Waals surface area contributed by atoms with E-state index in [1.165, 1.54) is 0 Å². The molecule has 1 aromatic carbocycles. The molecule has 1 fully saturated rings. The van der Waals surface area contributed by atoms with Crippen molar-refractivity contribution < 1.29 is 22.7 Å². The van der Waals surface area contributed by atoms with E-state index in [1.54, 1.807) is 0 Å². The van der Waals surface area contributed by atoms with E-state index in [9.17, 15) is 18.0 Å². The average Bonchev–Trinajstić information content (AvgIpc) is 2.42. The fourth-order valence-corrected chi connectivity index (χ4v) is 1.75. The maximum atomic E-state index is 13.0. The van der Waals surface area contributed by atoms with Crippen molar-refractivity contribution in [2.45, 2.75) is 6.10 Å². The van der Waals surface area contributed by atoms with E-state index in [0.29, 0.717) is 25.3 Å². The summed E-state index contributed by atoms with van der Waals surface area (Å²) in [5.41, 5.74) is -0.264. The van der Waals surface area contributed by atoms with Gasteiger partial charge in [-0.3, -0.25) is 4.79 Å². The van der Waals surface area contributed by atoms with Crippen LogP contribution in [0, 0.1) is 17.5 Å². The zero-order valence-corrected chi connectivity index (χ0v) is 10.0. The number of hydrogen-bond donors (Lipinski definition) is 2. The molecule has 0 spiro atoms. The third-order valence-corrected chi connectivity index (χ3v) is 2.74. The molecular formula is C12H13F3N2O2. The van der Waals surface area contributed by atoms with Crippen LogP contribution < -0.4 is 10.6 Å². The standard InChI is InChI=1S/C12H13F3N2O2/c13-9-3-7(4-10(14)11(9)15)12(18)17-6-8-5-16-1-2-19-8/h3-4,8,16H,1-2,5-6H2,(H,17,18). The molecule has 1 aliphatic rings. The Morgan fingerprint density at radius 2 is 2.05 bits per heavy atom. The molecule has 1 aromatic rings. The smallest absolute Gasteiger partial charge is 0.251 e. The molecule has 19 heavy (non-hydrogen) atoms. The van der Waals surface area contributed by atoms with Gasteiger partial charge in [0.15, 0.2) is 17.5 Å². The molecule has 0 saturated carbocycles. The topological polar surface area (TPSA) is 50.4 Å². The first-order valence-corrected chi connectivity index (χ1v) is 5.83. The van der Waals surface area contributed by atoms with Gasteiger partial charge in [-0.05, 0) is 12.1 Å². The van der Waals surface area contributed by atoms with Crippen LogP contribution in [0.5, 0.6) is 0 Å². The first-order chi connectivity index (χ1) is 9.08. The fourth-order valence-electron chi connectivity index (χ4n) is 1.75. The molecule has 2 rings (SSSR count). The molecule has 7 heteroatoms. The van der Waals surface area contributed by atoms with Crippen LogP contribution in [0.2, 0.25) is 0 Å². The van der Waals surface area contributed by atoms with E-state index in [4.69, 9.17) is 4.74 Å². The Kier molecular flexibility index (Phi) is 4.39. The first-order valence-electron chi connectivity index (χ1n) is 5.83. The summed E-state index contributed by atoms with van der Waals surface area (Å²) in [6.45, 7) is 2.10. The summed E-state index contributed by atoms with van der Waals surface area (Å²) < 4.78 is 44.0. The lowest BCUT2D eigenvalue weighted by Crippen LogP contribution is -2.45. The van der Waals surface area contributed by atoms with Crippen LogP contribution in [0.25, 0.3) is 0 Å². The summed E-state index contributed by atoms with van der Waals surface area (Å²) >= 11 is 0. The molecule has 0 aliphatic carbocycles. The van der Waals surface area contributed by atoms with Gasteiger partial charge in [-0.25, -0.2) is 13.2 Å². The van der Waals surface area contributed by atoms with Gasteiger partial charge >= 0.3 is 0 Å². The van der Waals surface area contributed by atoms with E-state index in [0.717, 1.165) is 6.54 Å². The minimum atomic E-state index is -1.59. The highest BCUT2D eigenvalue weighted by Crippen LogP contribution is 2.13. The van der Waals surface area contributed by atoms with Crippen molar-refractivity contribution in [3.05, 3.63) is 35.1 Å². The normalized spacial score (nSPS) is 19.2. The quantitative estimate of drug-likeness (QED) is 0.802. The third kappa shape index (κ3) is 3.45. The predicted octanol–water partition coefficient (Wildman–Crippen LogP) is 0.822. The molecule has 1 unspecified atom stereocenters. The van der Waals surface area contributed by atoms with Gasteiger partial charge in [0.1, 0.15) is 0 Å². The number of ether oxygens (including phenoxy) is 1. The summed E-state index contributed by atoms with van der Waals surface area (Å²) in [5, 5.41) is 5.56. The molecule has 1 atom stereocenters. The molecule has 0 aromatic heterocycles. The molecule has 104 valence electrons. The van der Waals surface area contributed by atoms with Crippen molar-refractivity contribution in [3.63, 3.8) is 0 Å². The van der Waals surface area contributed by atoms with Crippen LogP contribution in [0.15, 0.2) is 12.1 Å². The van der Waals surface area contributed by atoms with Gasteiger partial charge in [0, 0.05) is 25.2 Å². The second-order valence-electron chi connectivity index (χ2n) is 4.16. The van der Waals surface area contributed by atoms with Crippen molar-refractivity contribution in [3.8, 4) is 0 Å². The zero-order chi connectivity index (χ0) is 13.8. The number of carbonyl (C=O) groups is 1. The molecule has 1 heterocycles. The van der Waals surface area contributed by atoms with Gasteiger partial charge in [-0.15, -0.1) is 0 Å². The van der Waals surface area contributed by atoms with Gasteiger partial charge in [0.25, 0.3) is 5.91 Å². The Morgan fingerprint density at radius 3 is 2.63 bits per heavy atom. The highest BCUT2D eigenvalue weighted by atomic mass is 19.2. The van der Waals surface area contributed by atoms with E-state index in [1.807, 2.05) is 0 Å². The number of rotatable bonds is 3. The Balaban J connectivity index is 1.96.